The largest absolute Gasteiger partial charge is 0.271 e. The Balaban J connectivity index is 1.96. The molecule has 0 aliphatic carbocycles. The molecular weight excluding hydrogens is 348 g/mol. The summed E-state index contributed by atoms with van der Waals surface area (Å²) in [7, 11) is 0. The Kier molecular flexibility index (Phi) is 5.49. The maximum Gasteiger partial charge on any atom is 0.183 e. The van der Waals surface area contributed by atoms with Crippen LogP contribution >= 0.6 is 23.1 Å². The van der Waals surface area contributed by atoms with E-state index in [-0.39, 0.29) is 0 Å². The van der Waals surface area contributed by atoms with Crippen LogP contribution in [0.15, 0.2) is 59.6 Å². The fourth-order valence-corrected chi connectivity index (χ4v) is 3.66. The number of thioether (sulfide) groups is 1. The number of rotatable bonds is 3. The second kappa shape index (κ2) is 7.97. The van der Waals surface area contributed by atoms with Gasteiger partial charge in [0.1, 0.15) is 5.01 Å². The third-order valence-electron chi connectivity index (χ3n) is 3.52. The van der Waals surface area contributed by atoms with Gasteiger partial charge < -0.3 is 0 Å². The van der Waals surface area contributed by atoms with Gasteiger partial charge in [-0.15, -0.1) is 11.3 Å². The first-order chi connectivity index (χ1) is 12.2. The maximum atomic E-state index is 8.76. The van der Waals surface area contributed by atoms with E-state index in [9.17, 15) is 0 Å². The number of thiazole rings is 1. The van der Waals surface area contributed by atoms with Gasteiger partial charge in [-0.2, -0.15) is 5.26 Å². The molecule has 1 N–H and O–H groups in total. The third kappa shape index (κ3) is 4.08. The molecule has 2 aromatic carbocycles. The van der Waals surface area contributed by atoms with Gasteiger partial charge >= 0.3 is 0 Å². The molecule has 0 radical (unpaired) electrons. The topological polar surface area (TPSA) is 61.1 Å². The summed E-state index contributed by atoms with van der Waals surface area (Å²) in [6.45, 7) is 2.09. The van der Waals surface area contributed by atoms with Gasteiger partial charge in [0.25, 0.3) is 0 Å². The van der Waals surface area contributed by atoms with Crippen LogP contribution in [0.4, 0.5) is 5.69 Å². The Morgan fingerprint density at radius 1 is 1.16 bits per heavy atom. The fourth-order valence-electron chi connectivity index (χ4n) is 2.38. The molecule has 1 heterocycles. The van der Waals surface area contributed by atoms with Crippen molar-refractivity contribution in [2.75, 3.05) is 6.26 Å². The molecule has 0 saturated carbocycles. The minimum absolute atomic E-state index is 0.569. The van der Waals surface area contributed by atoms with Crippen LogP contribution in [0.3, 0.4) is 0 Å². The number of nitrogens with one attached hydrogen (secondary N) is 1. The van der Waals surface area contributed by atoms with Crippen molar-refractivity contribution in [2.45, 2.75) is 6.92 Å². The monoisotopic (exact) mass is 364 g/mol. The highest BCUT2D eigenvalue weighted by molar-refractivity contribution is 8.13. The molecule has 0 unspecified atom stereocenters. The normalized spacial score (nSPS) is 11.2. The average Bonchev–Trinajstić information content (AvgIpc) is 3.04. The predicted octanol–water partition coefficient (Wildman–Crippen LogP) is 5.21. The number of hydrogen-bond acceptors (Lipinski definition) is 5. The quantitative estimate of drug-likeness (QED) is 0.300. The number of aryl methyl sites for hydroxylation is 1. The van der Waals surface area contributed by atoms with Crippen LogP contribution in [0.1, 0.15) is 4.88 Å². The summed E-state index contributed by atoms with van der Waals surface area (Å²) in [5, 5.41) is 12.9. The van der Waals surface area contributed by atoms with Crippen molar-refractivity contribution >= 4 is 34.0 Å². The molecule has 0 bridgehead atoms. The Morgan fingerprint density at radius 3 is 2.64 bits per heavy atom. The number of amidine groups is 1. The van der Waals surface area contributed by atoms with Crippen LogP contribution in [-0.4, -0.2) is 16.4 Å². The SMILES string of the molecule is CSC(=Nc1cccc(-c2nc(-c3ccccc3)c(C)s2)c1)NC#N. The second-order valence-electron chi connectivity index (χ2n) is 5.20. The zero-order chi connectivity index (χ0) is 17.6. The van der Waals surface area contributed by atoms with E-state index in [0.29, 0.717) is 5.17 Å². The fraction of sp³-hybridized carbons (Fsp3) is 0.105. The predicted molar refractivity (Wildman–Crippen MR) is 107 cm³/mol. The molecule has 0 aliphatic rings. The van der Waals surface area contributed by atoms with Gasteiger partial charge in [-0.1, -0.05) is 54.2 Å². The van der Waals surface area contributed by atoms with Crippen LogP contribution < -0.4 is 5.32 Å². The van der Waals surface area contributed by atoms with Gasteiger partial charge in [-0.25, -0.2) is 9.98 Å². The molecule has 3 rings (SSSR count). The van der Waals surface area contributed by atoms with Crippen LogP contribution in [-0.2, 0) is 0 Å². The molecule has 124 valence electrons. The van der Waals surface area contributed by atoms with E-state index >= 15 is 0 Å². The molecule has 3 aromatic rings. The summed E-state index contributed by atoms with van der Waals surface area (Å²) in [5.74, 6) is 0. The highest BCUT2D eigenvalue weighted by Crippen LogP contribution is 2.34. The van der Waals surface area contributed by atoms with Gasteiger partial charge in [0.15, 0.2) is 11.4 Å². The highest BCUT2D eigenvalue weighted by Gasteiger charge is 2.11. The number of nitrogens with zero attached hydrogens (tertiary/aromatic N) is 3. The molecule has 0 amide bonds. The molecule has 0 atom stereocenters. The highest BCUT2D eigenvalue weighted by atomic mass is 32.2. The van der Waals surface area contributed by atoms with Crippen LogP contribution in [0.5, 0.6) is 0 Å². The molecule has 0 saturated heterocycles. The van der Waals surface area contributed by atoms with E-state index in [4.69, 9.17) is 10.2 Å². The van der Waals surface area contributed by atoms with E-state index in [1.165, 1.54) is 16.6 Å². The summed E-state index contributed by atoms with van der Waals surface area (Å²) in [4.78, 5) is 10.5. The van der Waals surface area contributed by atoms with Crippen LogP contribution in [0, 0.1) is 18.4 Å². The lowest BCUT2D eigenvalue weighted by molar-refractivity contribution is 1.28. The van der Waals surface area contributed by atoms with Crippen molar-refractivity contribution in [1.29, 1.82) is 5.26 Å². The number of benzene rings is 2. The second-order valence-corrected chi connectivity index (χ2v) is 7.20. The maximum absolute atomic E-state index is 8.76. The van der Waals surface area contributed by atoms with Crippen LogP contribution in [0.25, 0.3) is 21.8 Å². The first-order valence-electron chi connectivity index (χ1n) is 7.62. The summed E-state index contributed by atoms with van der Waals surface area (Å²) in [6, 6.07) is 18.1. The summed E-state index contributed by atoms with van der Waals surface area (Å²) in [6.07, 6.45) is 3.78. The number of hydrogen-bond donors (Lipinski definition) is 1. The Morgan fingerprint density at radius 2 is 1.92 bits per heavy atom. The van der Waals surface area contributed by atoms with E-state index < -0.39 is 0 Å². The Hall–Kier alpha value is -2.62. The van der Waals surface area contributed by atoms with Crippen molar-refractivity contribution in [2.24, 2.45) is 4.99 Å². The lowest BCUT2D eigenvalue weighted by Gasteiger charge is -2.02. The first-order valence-corrected chi connectivity index (χ1v) is 9.66. The molecule has 0 fully saturated rings. The third-order valence-corrected chi connectivity index (χ3v) is 5.12. The number of aliphatic imine (C=N–C) groups is 1. The van der Waals surface area contributed by atoms with Crippen molar-refractivity contribution in [3.05, 3.63) is 59.5 Å². The molecule has 4 nitrogen and oxygen atoms in total. The number of aromatic nitrogens is 1. The van der Waals surface area contributed by atoms with Crippen molar-refractivity contribution in [3.63, 3.8) is 0 Å². The van der Waals surface area contributed by atoms with Crippen molar-refractivity contribution < 1.29 is 0 Å². The minimum Gasteiger partial charge on any atom is -0.271 e. The van der Waals surface area contributed by atoms with Gasteiger partial charge in [-0.05, 0) is 25.3 Å². The molecule has 25 heavy (non-hydrogen) atoms. The molecule has 0 aliphatic heterocycles. The first kappa shape index (κ1) is 17.2. The lowest BCUT2D eigenvalue weighted by Crippen LogP contribution is -2.12. The Bertz CT molecular complexity index is 940. The lowest BCUT2D eigenvalue weighted by atomic mass is 10.1. The van der Waals surface area contributed by atoms with E-state index in [2.05, 4.69) is 29.4 Å². The molecule has 6 heteroatoms. The zero-order valence-corrected chi connectivity index (χ0v) is 15.5. The van der Waals surface area contributed by atoms with Crippen molar-refractivity contribution in [3.8, 4) is 28.0 Å². The van der Waals surface area contributed by atoms with Gasteiger partial charge in [0, 0.05) is 16.0 Å². The van der Waals surface area contributed by atoms with E-state index in [0.717, 1.165) is 27.5 Å². The van der Waals surface area contributed by atoms with Gasteiger partial charge in [0.05, 0.1) is 11.4 Å². The van der Waals surface area contributed by atoms with Gasteiger partial charge in [-0.3, -0.25) is 5.32 Å². The Labute approximate surface area is 155 Å². The van der Waals surface area contributed by atoms with Crippen LogP contribution in [0.2, 0.25) is 0 Å². The summed E-state index contributed by atoms with van der Waals surface area (Å²) in [5.41, 5.74) is 3.96. The minimum atomic E-state index is 0.569. The zero-order valence-electron chi connectivity index (χ0n) is 13.9. The smallest absolute Gasteiger partial charge is 0.183 e. The molecular formula is C19H16N4S2. The molecule has 1 aromatic heterocycles. The summed E-state index contributed by atoms with van der Waals surface area (Å²) < 4.78 is 0. The standard InChI is InChI=1S/C19H16N4S2/c1-13-17(14-7-4-3-5-8-14)23-18(25-13)15-9-6-10-16(11-15)22-19(24-2)21-12-20/h3-11H,1-2H3,(H,21,22). The number of nitriles is 1. The molecule has 0 spiro atoms. The average molecular weight is 364 g/mol. The van der Waals surface area contributed by atoms with Gasteiger partial charge in [0.2, 0.25) is 0 Å². The van der Waals surface area contributed by atoms with E-state index in [1.807, 2.05) is 54.9 Å². The van der Waals surface area contributed by atoms with Crippen molar-refractivity contribution in [1.82, 2.24) is 10.3 Å². The van der Waals surface area contributed by atoms with E-state index in [1.54, 1.807) is 11.3 Å². The summed E-state index contributed by atoms with van der Waals surface area (Å²) >= 11 is 3.07.